The van der Waals surface area contributed by atoms with Gasteiger partial charge >= 0.3 is 0 Å². The number of aromatic hydroxyl groups is 2. The fraction of sp³-hybridized carbons (Fsp3) is 0.444. The number of hydrogen-bond donors (Lipinski definition) is 6. The fourth-order valence-corrected chi connectivity index (χ4v) is 5.75. The molecular formula is C27H29NO11W. The summed E-state index contributed by atoms with van der Waals surface area (Å²) in [6.07, 6.45) is -5.12. The van der Waals surface area contributed by atoms with Gasteiger partial charge in [0.15, 0.2) is 17.9 Å². The largest absolute Gasteiger partial charge is 0.507 e. The minimum absolute atomic E-state index is 0. The van der Waals surface area contributed by atoms with Crippen LogP contribution < -0.4 is 10.5 Å². The second kappa shape index (κ2) is 10.9. The van der Waals surface area contributed by atoms with Crippen molar-refractivity contribution >= 4 is 17.3 Å². The molecule has 3 aliphatic rings. The molecule has 40 heavy (non-hydrogen) atoms. The Labute approximate surface area is 242 Å². The minimum atomic E-state index is -2.24. The van der Waals surface area contributed by atoms with E-state index in [0.717, 1.165) is 0 Å². The number of carbonyl (C=O) groups excluding carboxylic acids is 3. The van der Waals surface area contributed by atoms with Gasteiger partial charge in [-0.25, -0.2) is 0 Å². The molecule has 0 spiro atoms. The first-order valence-electron chi connectivity index (χ1n) is 12.4. The van der Waals surface area contributed by atoms with Crippen molar-refractivity contribution in [3.8, 4) is 17.2 Å². The van der Waals surface area contributed by atoms with Crippen LogP contribution in [0.4, 0.5) is 0 Å². The molecule has 12 nitrogen and oxygen atoms in total. The maximum atomic E-state index is 13.6. The van der Waals surface area contributed by atoms with Crippen LogP contribution >= 0.6 is 0 Å². The molecule has 0 unspecified atom stereocenters. The van der Waals surface area contributed by atoms with Gasteiger partial charge in [-0.2, -0.15) is 0 Å². The number of fused-ring (bicyclic) bond motifs is 3. The van der Waals surface area contributed by atoms with Gasteiger partial charge in [0.05, 0.1) is 42.1 Å². The topological polar surface area (TPSA) is 206 Å². The van der Waals surface area contributed by atoms with Crippen molar-refractivity contribution in [1.82, 2.24) is 0 Å². The van der Waals surface area contributed by atoms with Crippen LogP contribution in [0.25, 0.3) is 0 Å². The molecule has 7 N–H and O–H groups in total. The van der Waals surface area contributed by atoms with Crippen molar-refractivity contribution in [3.05, 3.63) is 51.6 Å². The molecule has 6 atom stereocenters. The predicted octanol–water partition coefficient (Wildman–Crippen LogP) is -0.00120. The number of ether oxygens (including phenoxy) is 3. The summed E-state index contributed by atoms with van der Waals surface area (Å²) in [5.41, 5.74) is 2.37. The zero-order chi connectivity index (χ0) is 28.4. The van der Waals surface area contributed by atoms with E-state index in [1.54, 1.807) is 6.92 Å². The third-order valence-corrected chi connectivity index (χ3v) is 7.81. The quantitative estimate of drug-likeness (QED) is 0.192. The van der Waals surface area contributed by atoms with E-state index in [1.165, 1.54) is 25.3 Å². The van der Waals surface area contributed by atoms with Gasteiger partial charge in [-0.15, -0.1) is 0 Å². The van der Waals surface area contributed by atoms with Gasteiger partial charge in [-0.1, -0.05) is 12.1 Å². The number of ketones is 3. The van der Waals surface area contributed by atoms with Crippen LogP contribution in [0.15, 0.2) is 18.2 Å². The third-order valence-electron chi connectivity index (χ3n) is 7.81. The van der Waals surface area contributed by atoms with E-state index >= 15 is 0 Å². The zero-order valence-corrected chi connectivity index (χ0v) is 24.6. The van der Waals surface area contributed by atoms with Gasteiger partial charge < -0.3 is 45.5 Å². The van der Waals surface area contributed by atoms with Crippen LogP contribution in [0.1, 0.15) is 68.8 Å². The van der Waals surface area contributed by atoms with Gasteiger partial charge in [0.1, 0.15) is 29.5 Å². The second-order valence-electron chi connectivity index (χ2n) is 10.2. The number of Topliss-reactive ketones (excluding diaryl/α,β-unsaturated/α-hetero) is 1. The molecule has 1 fully saturated rings. The van der Waals surface area contributed by atoms with E-state index in [9.17, 15) is 39.9 Å². The molecule has 1 saturated heterocycles. The van der Waals surface area contributed by atoms with Crippen molar-refractivity contribution in [1.29, 1.82) is 0 Å². The SMILES string of the molecule is COc1cccc2c1C(=O)c1c(O)c3c(c(O)c1C2=O)C[C@@](O)(C(=O)CO)C[C@H]3O[C@@H]1C[C@H](N)[C@H](O)[C@H](C)O1.[W]. The van der Waals surface area contributed by atoms with Gasteiger partial charge in [0.25, 0.3) is 0 Å². The van der Waals surface area contributed by atoms with Crippen molar-refractivity contribution in [3.63, 3.8) is 0 Å². The summed E-state index contributed by atoms with van der Waals surface area (Å²) < 4.78 is 17.0. The minimum Gasteiger partial charge on any atom is -0.507 e. The number of benzene rings is 2. The van der Waals surface area contributed by atoms with E-state index in [2.05, 4.69) is 0 Å². The average Bonchev–Trinajstić information content (AvgIpc) is 2.90. The fourth-order valence-electron chi connectivity index (χ4n) is 5.75. The Kier molecular flexibility index (Phi) is 8.28. The molecule has 13 heteroatoms. The summed E-state index contributed by atoms with van der Waals surface area (Å²) >= 11 is 0. The Bertz CT molecular complexity index is 1380. The Hall–Kier alpha value is -2.70. The van der Waals surface area contributed by atoms with Crippen molar-refractivity contribution in [2.24, 2.45) is 5.73 Å². The molecule has 5 rings (SSSR count). The smallest absolute Gasteiger partial charge is 0.202 e. The molecule has 2 aromatic rings. The normalized spacial score (nSPS) is 29.1. The van der Waals surface area contributed by atoms with Crippen molar-refractivity contribution in [2.45, 2.75) is 62.4 Å². The maximum Gasteiger partial charge on any atom is 0.202 e. The summed E-state index contributed by atoms with van der Waals surface area (Å²) in [7, 11) is 1.32. The van der Waals surface area contributed by atoms with Gasteiger partial charge in [-0.3, -0.25) is 14.4 Å². The third kappa shape index (κ3) is 4.57. The summed E-state index contributed by atoms with van der Waals surface area (Å²) in [6.45, 7) is 0.560. The Morgan fingerprint density at radius 2 is 1.82 bits per heavy atom. The molecule has 214 valence electrons. The van der Waals surface area contributed by atoms with Gasteiger partial charge in [-0.05, 0) is 13.0 Å². The second-order valence-corrected chi connectivity index (χ2v) is 10.2. The van der Waals surface area contributed by atoms with E-state index in [4.69, 9.17) is 19.9 Å². The standard InChI is InChI=1S/C27H29NO11.W/c1-10-22(31)13(28)6-17(38-10)39-15-8-27(36,16(30)9-29)7-12-19(15)26(35)21-20(24(12)33)23(32)11-4-3-5-14(37-2)18(11)25(21)34;/h3-5,10,13,15,17,22,29,31,33,35-36H,6-9,28H2,1-2H3;/t10-,13-,15+,17+,22+,27-;/m0./s1. The molecule has 2 aliphatic carbocycles. The number of rotatable bonds is 5. The Balaban J connectivity index is 0.00000370. The van der Waals surface area contributed by atoms with E-state index in [-0.39, 0.29) is 55.5 Å². The van der Waals surface area contributed by atoms with E-state index < -0.39 is 95.7 Å². The molecule has 0 amide bonds. The molecule has 1 heterocycles. The molecule has 1 aliphatic heterocycles. The van der Waals surface area contributed by atoms with Gasteiger partial charge in [0, 0.05) is 63.1 Å². The summed E-state index contributed by atoms with van der Waals surface area (Å²) in [6, 6.07) is 3.64. The number of nitrogens with two attached hydrogens (primary N) is 1. The Morgan fingerprint density at radius 1 is 1.15 bits per heavy atom. The molecule has 0 radical (unpaired) electrons. The molecule has 2 aromatic carbocycles. The number of methoxy groups -OCH3 is 1. The zero-order valence-electron chi connectivity index (χ0n) is 21.6. The maximum absolute atomic E-state index is 13.6. The van der Waals surface area contributed by atoms with Crippen LogP contribution in [0, 0.1) is 0 Å². The summed E-state index contributed by atoms with van der Waals surface area (Å²) in [4.78, 5) is 39.7. The summed E-state index contributed by atoms with van der Waals surface area (Å²) in [5, 5.41) is 53.7. The number of carbonyl (C=O) groups is 3. The molecule has 0 aromatic heterocycles. The van der Waals surface area contributed by atoms with Crippen LogP contribution in [0.2, 0.25) is 0 Å². The summed E-state index contributed by atoms with van der Waals surface area (Å²) in [5.74, 6) is -3.77. The Morgan fingerprint density at radius 3 is 2.45 bits per heavy atom. The van der Waals surface area contributed by atoms with Crippen molar-refractivity contribution in [2.75, 3.05) is 13.7 Å². The first-order valence-corrected chi connectivity index (χ1v) is 12.4. The first kappa shape index (κ1) is 30.3. The number of aliphatic hydroxyl groups excluding tert-OH is 2. The monoisotopic (exact) mass is 727 g/mol. The van der Waals surface area contributed by atoms with Crippen LogP contribution in [0.3, 0.4) is 0 Å². The molecular weight excluding hydrogens is 698 g/mol. The number of hydrogen-bond acceptors (Lipinski definition) is 12. The first-order chi connectivity index (χ1) is 18.4. The van der Waals surface area contributed by atoms with Crippen LogP contribution in [-0.4, -0.2) is 86.7 Å². The van der Waals surface area contributed by atoms with E-state index in [0.29, 0.717) is 0 Å². The number of phenolic OH excluding ortho intramolecular Hbond substituents is 2. The average molecular weight is 727 g/mol. The van der Waals surface area contributed by atoms with Crippen LogP contribution in [0.5, 0.6) is 17.2 Å². The number of phenols is 2. The van der Waals surface area contributed by atoms with Crippen molar-refractivity contribution < 1.29 is 75.2 Å². The van der Waals surface area contributed by atoms with E-state index in [1.807, 2.05) is 0 Å². The number of aliphatic hydroxyl groups is 3. The molecule has 0 bridgehead atoms. The molecule has 0 saturated carbocycles. The van der Waals surface area contributed by atoms with Crippen LogP contribution in [-0.2, 0) is 41.8 Å². The van der Waals surface area contributed by atoms with Gasteiger partial charge in [0.2, 0.25) is 5.78 Å². The predicted molar refractivity (Wildman–Crippen MR) is 132 cm³/mol.